The van der Waals surface area contributed by atoms with Crippen molar-refractivity contribution in [2.45, 2.75) is 13.8 Å². The molecule has 1 heterocycles. The fraction of sp³-hybridized carbons (Fsp3) is 0.214. The van der Waals surface area contributed by atoms with E-state index in [1.807, 2.05) is 50.0 Å². The molecule has 0 unspecified atom stereocenters. The number of nitrogens with zero attached hydrogens (tertiary/aromatic N) is 2. The standard InChI is InChI=1S/C14H20N6/c1-9-4-5-11(15)6-14(9)20(17)8-13(16)12-7-18-19(3)10(12)2/h4-8H,15-17H2,1-3H3/p+1. The molecule has 0 radical (unpaired) electrons. The maximum atomic E-state index is 6.11. The van der Waals surface area contributed by atoms with Gasteiger partial charge < -0.3 is 11.5 Å². The molecule has 6 heteroatoms. The Morgan fingerprint density at radius 2 is 2.05 bits per heavy atom. The summed E-state index contributed by atoms with van der Waals surface area (Å²) < 4.78 is 1.89. The van der Waals surface area contributed by atoms with Crippen molar-refractivity contribution < 1.29 is 4.68 Å². The molecule has 2 rings (SSSR count). The van der Waals surface area contributed by atoms with Crippen molar-refractivity contribution in [2.75, 3.05) is 10.7 Å². The van der Waals surface area contributed by atoms with E-state index in [2.05, 4.69) is 5.10 Å². The minimum Gasteiger partial charge on any atom is -0.399 e. The van der Waals surface area contributed by atoms with Gasteiger partial charge in [0, 0.05) is 18.8 Å². The molecule has 106 valence electrons. The third kappa shape index (κ3) is 2.60. The molecule has 0 saturated carbocycles. The third-order valence-electron chi connectivity index (χ3n) is 3.40. The average Bonchev–Trinajstić information content (AvgIpc) is 2.73. The summed E-state index contributed by atoms with van der Waals surface area (Å²) >= 11 is 0. The van der Waals surface area contributed by atoms with Crippen LogP contribution in [-0.2, 0) is 7.05 Å². The number of aryl methyl sites for hydroxylation is 2. The molecule has 0 saturated heterocycles. The van der Waals surface area contributed by atoms with Gasteiger partial charge in [-0.05, 0) is 24.6 Å². The molecule has 7 N–H and O–H groups in total. The molecule has 0 spiro atoms. The zero-order chi connectivity index (χ0) is 14.9. The predicted molar refractivity (Wildman–Crippen MR) is 81.1 cm³/mol. The van der Waals surface area contributed by atoms with Crippen LogP contribution >= 0.6 is 0 Å². The Kier molecular flexibility index (Phi) is 3.67. The maximum Gasteiger partial charge on any atom is 0.213 e. The highest BCUT2D eigenvalue weighted by molar-refractivity contribution is 5.69. The molecule has 0 aliphatic heterocycles. The highest BCUT2D eigenvalue weighted by Gasteiger charge is 2.14. The first-order valence-corrected chi connectivity index (χ1v) is 6.32. The topological polar surface area (TPSA) is 101 Å². The lowest BCUT2D eigenvalue weighted by atomic mass is 10.1. The van der Waals surface area contributed by atoms with Gasteiger partial charge in [-0.3, -0.25) is 5.01 Å². The molecule has 2 aromatic rings. The van der Waals surface area contributed by atoms with E-state index in [0.29, 0.717) is 11.4 Å². The number of aromatic nitrogens is 2. The van der Waals surface area contributed by atoms with Crippen LogP contribution in [0, 0.1) is 13.8 Å². The Morgan fingerprint density at radius 3 is 2.65 bits per heavy atom. The number of hydrogen-bond donors (Lipinski definition) is 4. The van der Waals surface area contributed by atoms with Crippen LogP contribution < -0.4 is 27.0 Å². The number of nitrogens with two attached hydrogens (primary N) is 3. The Balaban J connectivity index is 2.34. The smallest absolute Gasteiger partial charge is 0.213 e. The van der Waals surface area contributed by atoms with E-state index in [1.54, 1.807) is 6.20 Å². The first-order chi connectivity index (χ1) is 9.40. The minimum atomic E-state index is 0.587. The van der Waals surface area contributed by atoms with Crippen molar-refractivity contribution in [3.05, 3.63) is 47.4 Å². The van der Waals surface area contributed by atoms with Gasteiger partial charge in [0.15, 0.2) is 7.05 Å². The quantitative estimate of drug-likeness (QED) is 0.286. The van der Waals surface area contributed by atoms with Crippen LogP contribution in [0.4, 0.5) is 11.4 Å². The van der Waals surface area contributed by atoms with Gasteiger partial charge in [-0.2, -0.15) is 5.10 Å². The van der Waals surface area contributed by atoms with Gasteiger partial charge in [-0.25, -0.2) is 5.84 Å². The van der Waals surface area contributed by atoms with E-state index in [0.717, 1.165) is 22.5 Å². The largest absolute Gasteiger partial charge is 0.399 e. The zero-order valence-electron chi connectivity index (χ0n) is 12.0. The summed E-state index contributed by atoms with van der Waals surface area (Å²) in [5.74, 6) is 6.06. The van der Waals surface area contributed by atoms with E-state index in [1.165, 1.54) is 5.01 Å². The molecule has 0 aliphatic rings. The second kappa shape index (κ2) is 5.26. The molecule has 6 nitrogen and oxygen atoms in total. The summed E-state index contributed by atoms with van der Waals surface area (Å²) in [4.78, 5) is 0. The van der Waals surface area contributed by atoms with Crippen molar-refractivity contribution in [3.63, 3.8) is 0 Å². The molecular formula is C14H21N6+. The number of rotatable bonds is 3. The summed E-state index contributed by atoms with van der Waals surface area (Å²) in [5.41, 5.74) is 17.0. The van der Waals surface area contributed by atoms with E-state index in [9.17, 15) is 0 Å². The number of hydrogen-bond acceptors (Lipinski definition) is 4. The van der Waals surface area contributed by atoms with Crippen molar-refractivity contribution in [1.82, 2.24) is 5.10 Å². The molecule has 0 aliphatic carbocycles. The van der Waals surface area contributed by atoms with Crippen molar-refractivity contribution in [2.24, 2.45) is 18.6 Å². The lowest BCUT2D eigenvalue weighted by Crippen LogP contribution is -2.33. The second-order valence-corrected chi connectivity index (χ2v) is 4.87. The number of anilines is 2. The monoisotopic (exact) mass is 273 g/mol. The highest BCUT2D eigenvalue weighted by atomic mass is 15.4. The fourth-order valence-corrected chi connectivity index (χ4v) is 2.03. The van der Waals surface area contributed by atoms with Crippen LogP contribution in [0.25, 0.3) is 5.70 Å². The number of nitrogens with one attached hydrogen (secondary N) is 1. The van der Waals surface area contributed by atoms with Gasteiger partial charge in [-0.1, -0.05) is 6.07 Å². The molecule has 0 bridgehead atoms. The van der Waals surface area contributed by atoms with Crippen LogP contribution in [0.2, 0.25) is 0 Å². The minimum absolute atomic E-state index is 0.587. The van der Waals surface area contributed by atoms with Crippen molar-refractivity contribution >= 4 is 17.1 Å². The molecular weight excluding hydrogens is 252 g/mol. The molecule has 20 heavy (non-hydrogen) atoms. The van der Waals surface area contributed by atoms with Crippen molar-refractivity contribution in [1.29, 1.82) is 0 Å². The summed E-state index contributed by atoms with van der Waals surface area (Å²) in [5, 5.41) is 4.56. The van der Waals surface area contributed by atoms with Crippen LogP contribution in [-0.4, -0.2) is 5.10 Å². The van der Waals surface area contributed by atoms with Gasteiger partial charge in [0.25, 0.3) is 0 Å². The van der Waals surface area contributed by atoms with Crippen molar-refractivity contribution in [3.8, 4) is 0 Å². The second-order valence-electron chi connectivity index (χ2n) is 4.87. The van der Waals surface area contributed by atoms with Gasteiger partial charge in [0.2, 0.25) is 5.69 Å². The first kappa shape index (κ1) is 14.0. The predicted octanol–water partition coefficient (Wildman–Crippen LogP) is 0.676. The Bertz CT molecular complexity index is 656. The SMILES string of the molecule is Cc1ccc(N)cc1N(N)C=C(N)c1c[nH][n+](C)c1C. The van der Waals surface area contributed by atoms with Gasteiger partial charge in [0.05, 0.1) is 23.1 Å². The Morgan fingerprint density at radius 1 is 1.35 bits per heavy atom. The number of nitrogen functional groups attached to an aromatic ring is 1. The zero-order valence-corrected chi connectivity index (χ0v) is 12.0. The number of H-pyrrole nitrogens is 1. The Labute approximate surface area is 118 Å². The van der Waals surface area contributed by atoms with Crippen LogP contribution in [0.3, 0.4) is 0 Å². The van der Waals surface area contributed by atoms with E-state index >= 15 is 0 Å². The summed E-state index contributed by atoms with van der Waals surface area (Å²) in [7, 11) is 1.92. The summed E-state index contributed by atoms with van der Waals surface area (Å²) in [6.07, 6.45) is 3.54. The first-order valence-electron chi connectivity index (χ1n) is 6.32. The Hall–Kier alpha value is -2.47. The highest BCUT2D eigenvalue weighted by Crippen LogP contribution is 2.22. The molecule has 0 atom stereocenters. The van der Waals surface area contributed by atoms with E-state index in [4.69, 9.17) is 17.3 Å². The molecule has 0 fully saturated rings. The van der Waals surface area contributed by atoms with Gasteiger partial charge >= 0.3 is 0 Å². The third-order valence-corrected chi connectivity index (χ3v) is 3.40. The van der Waals surface area contributed by atoms with Crippen LogP contribution in [0.15, 0.2) is 30.6 Å². The maximum absolute atomic E-state index is 6.11. The fourth-order valence-electron chi connectivity index (χ4n) is 2.03. The lowest BCUT2D eigenvalue weighted by Gasteiger charge is -2.17. The van der Waals surface area contributed by atoms with Gasteiger partial charge in [-0.15, -0.1) is 4.68 Å². The molecule has 1 aromatic carbocycles. The van der Waals surface area contributed by atoms with Gasteiger partial charge in [0.1, 0.15) is 0 Å². The number of hydrazine groups is 1. The summed E-state index contributed by atoms with van der Waals surface area (Å²) in [6.45, 7) is 3.96. The van der Waals surface area contributed by atoms with E-state index < -0.39 is 0 Å². The molecule has 0 amide bonds. The van der Waals surface area contributed by atoms with Crippen LogP contribution in [0.1, 0.15) is 16.8 Å². The average molecular weight is 273 g/mol. The summed E-state index contributed by atoms with van der Waals surface area (Å²) in [6, 6.07) is 5.59. The lowest BCUT2D eigenvalue weighted by molar-refractivity contribution is -0.732. The molecule has 1 aromatic heterocycles. The van der Waals surface area contributed by atoms with Crippen LogP contribution in [0.5, 0.6) is 0 Å². The van der Waals surface area contributed by atoms with E-state index in [-0.39, 0.29) is 0 Å². The number of benzene rings is 1. The number of aromatic amines is 1. The normalized spacial score (nSPS) is 11.7.